The first kappa shape index (κ1) is 20.9. The minimum Gasteiger partial charge on any atom is -0.493 e. The zero-order valence-electron chi connectivity index (χ0n) is 16.5. The number of carbonyl (C=O) groups is 1. The second-order valence-corrected chi connectivity index (χ2v) is 6.60. The number of hydrogen-bond acceptors (Lipinski definition) is 5. The molecule has 154 valence electrons. The van der Waals surface area contributed by atoms with Crippen LogP contribution < -0.4 is 14.8 Å². The van der Waals surface area contributed by atoms with Crippen molar-refractivity contribution in [3.8, 4) is 11.5 Å². The summed E-state index contributed by atoms with van der Waals surface area (Å²) < 4.78 is 10.7. The monoisotopic (exact) mass is 406 g/mol. The van der Waals surface area contributed by atoms with Crippen LogP contribution in [0.5, 0.6) is 11.5 Å². The van der Waals surface area contributed by atoms with E-state index in [0.29, 0.717) is 12.2 Å². The first-order valence-electron chi connectivity index (χ1n) is 9.40. The van der Waals surface area contributed by atoms with E-state index in [-0.39, 0.29) is 30.0 Å². The van der Waals surface area contributed by atoms with Gasteiger partial charge >= 0.3 is 0 Å². The minimum atomic E-state index is -0.530. The van der Waals surface area contributed by atoms with Gasteiger partial charge in [0.25, 0.3) is 11.6 Å². The van der Waals surface area contributed by atoms with Crippen LogP contribution in [0.15, 0.2) is 78.9 Å². The van der Waals surface area contributed by atoms with Gasteiger partial charge in [0.15, 0.2) is 18.1 Å². The molecule has 7 heteroatoms. The number of non-ortho nitro benzene ring substituents is 1. The second kappa shape index (κ2) is 10.1. The molecular weight excluding hydrogens is 384 g/mol. The zero-order chi connectivity index (χ0) is 21.3. The average molecular weight is 406 g/mol. The standard InChI is InChI=1S/C23H22N2O5/c1-29-21-13-12-19(25(27)28)15-22(21)30-16-23(26)24-20(18-10-6-3-7-11-18)14-17-8-4-2-5-9-17/h2-13,15,20H,14,16H2,1H3,(H,24,26). The Morgan fingerprint density at radius 3 is 2.30 bits per heavy atom. The van der Waals surface area contributed by atoms with E-state index < -0.39 is 4.92 Å². The smallest absolute Gasteiger partial charge is 0.273 e. The van der Waals surface area contributed by atoms with Crippen molar-refractivity contribution in [3.05, 3.63) is 100 Å². The minimum absolute atomic E-state index is 0.140. The molecule has 1 unspecified atom stereocenters. The van der Waals surface area contributed by atoms with Crippen LogP contribution in [0.25, 0.3) is 0 Å². The Morgan fingerprint density at radius 1 is 1.00 bits per heavy atom. The van der Waals surface area contributed by atoms with Gasteiger partial charge in [-0.05, 0) is 23.6 Å². The topological polar surface area (TPSA) is 90.7 Å². The van der Waals surface area contributed by atoms with Gasteiger partial charge in [-0.25, -0.2) is 0 Å². The summed E-state index contributed by atoms with van der Waals surface area (Å²) in [6.45, 7) is -0.296. The molecule has 3 aromatic rings. The quantitative estimate of drug-likeness (QED) is 0.427. The summed E-state index contributed by atoms with van der Waals surface area (Å²) in [6, 6.07) is 23.3. The van der Waals surface area contributed by atoms with E-state index in [9.17, 15) is 14.9 Å². The van der Waals surface area contributed by atoms with Gasteiger partial charge < -0.3 is 14.8 Å². The molecule has 7 nitrogen and oxygen atoms in total. The zero-order valence-corrected chi connectivity index (χ0v) is 16.5. The van der Waals surface area contributed by atoms with E-state index in [2.05, 4.69) is 5.32 Å². The Morgan fingerprint density at radius 2 is 1.67 bits per heavy atom. The summed E-state index contributed by atoms with van der Waals surface area (Å²) in [5.74, 6) is 0.117. The maximum atomic E-state index is 12.6. The van der Waals surface area contributed by atoms with Crippen LogP contribution in [0.1, 0.15) is 17.2 Å². The van der Waals surface area contributed by atoms with Gasteiger partial charge in [-0.1, -0.05) is 60.7 Å². The number of nitro groups is 1. The number of amides is 1. The second-order valence-electron chi connectivity index (χ2n) is 6.60. The summed E-state index contributed by atoms with van der Waals surface area (Å²) in [6.07, 6.45) is 0.622. The van der Waals surface area contributed by atoms with Crippen molar-refractivity contribution >= 4 is 11.6 Å². The number of nitrogens with one attached hydrogen (secondary N) is 1. The first-order valence-corrected chi connectivity index (χ1v) is 9.40. The number of rotatable bonds is 9. The van der Waals surface area contributed by atoms with Crippen molar-refractivity contribution in [2.45, 2.75) is 12.5 Å². The van der Waals surface area contributed by atoms with Gasteiger partial charge in [-0.2, -0.15) is 0 Å². The average Bonchev–Trinajstić information content (AvgIpc) is 2.78. The van der Waals surface area contributed by atoms with Crippen LogP contribution in [0.3, 0.4) is 0 Å². The summed E-state index contributed by atoms with van der Waals surface area (Å²) in [4.78, 5) is 23.1. The van der Waals surface area contributed by atoms with Crippen LogP contribution in [-0.4, -0.2) is 24.5 Å². The van der Waals surface area contributed by atoms with Gasteiger partial charge in [0.05, 0.1) is 24.1 Å². The van der Waals surface area contributed by atoms with Crippen LogP contribution >= 0.6 is 0 Å². The van der Waals surface area contributed by atoms with Crippen molar-refractivity contribution in [1.29, 1.82) is 0 Å². The Hall–Kier alpha value is -3.87. The molecule has 0 aromatic heterocycles. The summed E-state index contributed by atoms with van der Waals surface area (Å²) in [5.41, 5.74) is 1.92. The molecule has 0 fully saturated rings. The van der Waals surface area contributed by atoms with E-state index in [1.54, 1.807) is 0 Å². The fraction of sp³-hybridized carbons (Fsp3) is 0.174. The van der Waals surface area contributed by atoms with Crippen LogP contribution in [0, 0.1) is 10.1 Å². The Labute approximate surface area is 174 Å². The molecule has 3 rings (SSSR count). The van der Waals surface area contributed by atoms with Crippen molar-refractivity contribution in [3.63, 3.8) is 0 Å². The lowest BCUT2D eigenvalue weighted by Crippen LogP contribution is -2.33. The Balaban J connectivity index is 1.70. The lowest BCUT2D eigenvalue weighted by molar-refractivity contribution is -0.385. The molecule has 0 aliphatic rings. The Bertz CT molecular complexity index is 993. The fourth-order valence-corrected chi connectivity index (χ4v) is 3.06. The highest BCUT2D eigenvalue weighted by atomic mass is 16.6. The van der Waals surface area contributed by atoms with Crippen molar-refractivity contribution in [2.75, 3.05) is 13.7 Å². The molecule has 3 aromatic carbocycles. The van der Waals surface area contributed by atoms with Crippen molar-refractivity contribution in [2.24, 2.45) is 0 Å². The van der Waals surface area contributed by atoms with Gasteiger partial charge in [-0.3, -0.25) is 14.9 Å². The van der Waals surface area contributed by atoms with E-state index in [0.717, 1.165) is 11.1 Å². The molecule has 1 N–H and O–H groups in total. The fourth-order valence-electron chi connectivity index (χ4n) is 3.06. The third kappa shape index (κ3) is 5.57. The van der Waals surface area contributed by atoms with Gasteiger partial charge in [-0.15, -0.1) is 0 Å². The lowest BCUT2D eigenvalue weighted by atomic mass is 9.99. The highest BCUT2D eigenvalue weighted by molar-refractivity contribution is 5.78. The molecule has 0 aliphatic carbocycles. The predicted molar refractivity (Wildman–Crippen MR) is 113 cm³/mol. The number of benzene rings is 3. The van der Waals surface area contributed by atoms with Gasteiger partial charge in [0.1, 0.15) is 0 Å². The van der Waals surface area contributed by atoms with E-state index in [1.165, 1.54) is 25.3 Å². The molecule has 0 bridgehead atoms. The molecule has 0 saturated heterocycles. The van der Waals surface area contributed by atoms with Crippen molar-refractivity contribution < 1.29 is 19.2 Å². The third-order valence-corrected chi connectivity index (χ3v) is 4.54. The highest BCUT2D eigenvalue weighted by Crippen LogP contribution is 2.31. The Kier molecular flexibility index (Phi) is 7.00. The summed E-state index contributed by atoms with van der Waals surface area (Å²) in [5, 5.41) is 14.0. The molecule has 0 radical (unpaired) electrons. The highest BCUT2D eigenvalue weighted by Gasteiger charge is 2.17. The van der Waals surface area contributed by atoms with E-state index >= 15 is 0 Å². The number of ether oxygens (including phenoxy) is 2. The van der Waals surface area contributed by atoms with Crippen LogP contribution in [0.4, 0.5) is 5.69 Å². The van der Waals surface area contributed by atoms with Crippen LogP contribution in [-0.2, 0) is 11.2 Å². The van der Waals surface area contributed by atoms with Crippen molar-refractivity contribution in [1.82, 2.24) is 5.32 Å². The largest absolute Gasteiger partial charge is 0.493 e. The number of methoxy groups -OCH3 is 1. The number of nitrogens with zero attached hydrogens (tertiary/aromatic N) is 1. The predicted octanol–water partition coefficient (Wildman–Crippen LogP) is 4.08. The molecule has 30 heavy (non-hydrogen) atoms. The molecular formula is C23H22N2O5. The van der Waals surface area contributed by atoms with E-state index in [1.807, 2.05) is 60.7 Å². The molecule has 0 spiro atoms. The SMILES string of the molecule is COc1ccc([N+](=O)[O-])cc1OCC(=O)NC(Cc1ccccc1)c1ccccc1. The normalized spacial score (nSPS) is 11.4. The third-order valence-electron chi connectivity index (χ3n) is 4.54. The van der Waals surface area contributed by atoms with Gasteiger partial charge in [0, 0.05) is 6.07 Å². The molecule has 0 saturated carbocycles. The number of carbonyl (C=O) groups excluding carboxylic acids is 1. The summed E-state index contributed by atoms with van der Waals surface area (Å²) >= 11 is 0. The lowest BCUT2D eigenvalue weighted by Gasteiger charge is -2.20. The molecule has 0 aliphatic heterocycles. The van der Waals surface area contributed by atoms with Crippen LogP contribution in [0.2, 0.25) is 0 Å². The first-order chi connectivity index (χ1) is 14.6. The summed E-state index contributed by atoms with van der Waals surface area (Å²) in [7, 11) is 1.43. The maximum absolute atomic E-state index is 12.6. The molecule has 0 heterocycles. The molecule has 1 amide bonds. The maximum Gasteiger partial charge on any atom is 0.273 e. The number of hydrogen-bond donors (Lipinski definition) is 1. The van der Waals surface area contributed by atoms with E-state index in [4.69, 9.17) is 9.47 Å². The number of nitro benzene ring substituents is 1. The van der Waals surface area contributed by atoms with Gasteiger partial charge in [0.2, 0.25) is 0 Å². The molecule has 1 atom stereocenters.